The Morgan fingerprint density at radius 3 is 1.72 bits per heavy atom. The maximum atomic E-state index is 5.46. The fraction of sp³-hybridized carbons (Fsp3) is 0.0882. The number of hydrogen-bond acceptors (Lipinski definition) is 2. The molecule has 2 nitrogen and oxygen atoms in total. The molecule has 0 aromatic heterocycles. The molecule has 2 heteroatoms. The lowest BCUT2D eigenvalue weighted by Crippen LogP contribution is -2.45. The summed E-state index contributed by atoms with van der Waals surface area (Å²) in [4.78, 5) is 0. The zero-order chi connectivity index (χ0) is 24.2. The average molecular weight is 465 g/mol. The third kappa shape index (κ3) is 4.01. The van der Waals surface area contributed by atoms with Crippen molar-refractivity contribution in [2.45, 2.75) is 18.4 Å². The van der Waals surface area contributed by atoms with E-state index >= 15 is 0 Å². The lowest BCUT2D eigenvalue weighted by Gasteiger charge is -2.43. The van der Waals surface area contributed by atoms with Gasteiger partial charge >= 0.3 is 0 Å². The van der Waals surface area contributed by atoms with Gasteiger partial charge in [0.2, 0.25) is 0 Å². The molecule has 1 aliphatic heterocycles. The van der Waals surface area contributed by atoms with E-state index in [9.17, 15) is 0 Å². The van der Waals surface area contributed by atoms with Crippen molar-refractivity contribution in [2.75, 3.05) is 5.01 Å². The fourth-order valence-corrected chi connectivity index (χ4v) is 5.42. The van der Waals surface area contributed by atoms with Crippen LogP contribution in [0.5, 0.6) is 0 Å². The van der Waals surface area contributed by atoms with E-state index in [2.05, 4.69) is 151 Å². The molecular weight excluding hydrogens is 436 g/mol. The summed E-state index contributed by atoms with van der Waals surface area (Å²) >= 11 is 0. The average Bonchev–Trinajstić information content (AvgIpc) is 2.96. The molecule has 174 valence electrons. The van der Waals surface area contributed by atoms with E-state index in [1.807, 2.05) is 0 Å². The van der Waals surface area contributed by atoms with Crippen LogP contribution < -0.4 is 5.01 Å². The second-order valence-electron chi connectivity index (χ2n) is 9.31. The SMILES string of the molecule is c1ccc(CN2N=C(c3ccccc3)C(Cc3ccccc3)(c3ccccc3)c3ccccc32)cc1. The highest BCUT2D eigenvalue weighted by Gasteiger charge is 2.45. The molecule has 0 radical (unpaired) electrons. The molecule has 0 saturated carbocycles. The standard InChI is InChI=1S/C34H28N2/c1-5-15-27(16-6-1)25-34(30-21-11-4-12-22-30)31-23-13-14-24-32(31)36(26-28-17-7-2-8-18-28)35-33(34)29-19-9-3-10-20-29/h1-24H,25-26H2. The van der Waals surface area contributed by atoms with E-state index in [1.165, 1.54) is 22.3 Å². The van der Waals surface area contributed by atoms with Crippen LogP contribution in [0.15, 0.2) is 151 Å². The summed E-state index contributed by atoms with van der Waals surface area (Å²) in [6, 6.07) is 51.7. The van der Waals surface area contributed by atoms with Gasteiger partial charge in [0.05, 0.1) is 23.4 Å². The van der Waals surface area contributed by atoms with Gasteiger partial charge in [-0.25, -0.2) is 0 Å². The molecule has 5 aromatic rings. The van der Waals surface area contributed by atoms with Crippen molar-refractivity contribution in [1.82, 2.24) is 0 Å². The van der Waals surface area contributed by atoms with Crippen LogP contribution in [0.4, 0.5) is 5.69 Å². The van der Waals surface area contributed by atoms with Gasteiger partial charge in [-0.3, -0.25) is 5.01 Å². The first-order chi connectivity index (χ1) is 17.8. The largest absolute Gasteiger partial charge is 0.260 e. The minimum atomic E-state index is -0.437. The van der Waals surface area contributed by atoms with Crippen molar-refractivity contribution in [3.8, 4) is 0 Å². The number of hydrazone groups is 1. The molecule has 1 aliphatic rings. The maximum absolute atomic E-state index is 5.46. The first-order valence-corrected chi connectivity index (χ1v) is 12.5. The molecule has 5 aromatic carbocycles. The number of para-hydroxylation sites is 1. The summed E-state index contributed by atoms with van der Waals surface area (Å²) < 4.78 is 0. The molecule has 1 heterocycles. The Bertz CT molecular complexity index is 1460. The van der Waals surface area contributed by atoms with Gasteiger partial charge in [0.15, 0.2) is 0 Å². The van der Waals surface area contributed by atoms with Crippen LogP contribution in [0, 0.1) is 0 Å². The summed E-state index contributed by atoms with van der Waals surface area (Å²) in [5.74, 6) is 0. The van der Waals surface area contributed by atoms with Gasteiger partial charge < -0.3 is 0 Å². The Hall–Kier alpha value is -4.43. The predicted molar refractivity (Wildman–Crippen MR) is 149 cm³/mol. The van der Waals surface area contributed by atoms with E-state index in [1.54, 1.807) is 0 Å². The Balaban J connectivity index is 1.64. The maximum Gasteiger partial charge on any atom is 0.0835 e. The first kappa shape index (κ1) is 22.1. The molecule has 0 aliphatic carbocycles. The van der Waals surface area contributed by atoms with E-state index in [4.69, 9.17) is 5.10 Å². The van der Waals surface area contributed by atoms with Crippen LogP contribution in [0.2, 0.25) is 0 Å². The fourth-order valence-electron chi connectivity index (χ4n) is 5.42. The van der Waals surface area contributed by atoms with E-state index in [-0.39, 0.29) is 0 Å². The van der Waals surface area contributed by atoms with E-state index < -0.39 is 5.41 Å². The molecule has 0 amide bonds. The summed E-state index contributed by atoms with van der Waals surface area (Å²) in [6.45, 7) is 0.713. The lowest BCUT2D eigenvalue weighted by molar-refractivity contribution is 0.646. The second kappa shape index (κ2) is 9.67. The number of hydrogen-bond donors (Lipinski definition) is 0. The summed E-state index contributed by atoms with van der Waals surface area (Å²) in [5, 5.41) is 7.64. The summed E-state index contributed by atoms with van der Waals surface area (Å²) in [5.41, 5.74) is 8.00. The van der Waals surface area contributed by atoms with Crippen LogP contribution in [0.25, 0.3) is 0 Å². The van der Waals surface area contributed by atoms with Crippen molar-refractivity contribution < 1.29 is 0 Å². The van der Waals surface area contributed by atoms with Crippen LogP contribution in [0.1, 0.15) is 27.8 Å². The van der Waals surface area contributed by atoms with Gasteiger partial charge in [-0.1, -0.05) is 140 Å². The third-order valence-electron chi connectivity index (χ3n) is 7.07. The van der Waals surface area contributed by atoms with Gasteiger partial charge in [-0.15, -0.1) is 0 Å². The van der Waals surface area contributed by atoms with E-state index in [0.717, 1.165) is 23.4 Å². The zero-order valence-corrected chi connectivity index (χ0v) is 20.2. The van der Waals surface area contributed by atoms with Gasteiger partial charge in [0, 0.05) is 0 Å². The Morgan fingerprint density at radius 2 is 1.06 bits per heavy atom. The smallest absolute Gasteiger partial charge is 0.0835 e. The predicted octanol–water partition coefficient (Wildman–Crippen LogP) is 7.64. The highest BCUT2D eigenvalue weighted by Crippen LogP contribution is 2.47. The third-order valence-corrected chi connectivity index (χ3v) is 7.07. The molecule has 6 rings (SSSR count). The number of fused-ring (bicyclic) bond motifs is 1. The molecule has 0 saturated heterocycles. The molecule has 1 unspecified atom stereocenters. The number of nitrogens with zero attached hydrogens (tertiary/aromatic N) is 2. The summed E-state index contributed by atoms with van der Waals surface area (Å²) in [6.07, 6.45) is 0.821. The lowest BCUT2D eigenvalue weighted by atomic mass is 9.64. The highest BCUT2D eigenvalue weighted by molar-refractivity contribution is 6.13. The van der Waals surface area contributed by atoms with Crippen molar-refractivity contribution in [3.63, 3.8) is 0 Å². The van der Waals surface area contributed by atoms with Crippen LogP contribution in [-0.2, 0) is 18.4 Å². The molecule has 0 bridgehead atoms. The van der Waals surface area contributed by atoms with Gasteiger partial charge in [0.1, 0.15) is 0 Å². The summed E-state index contributed by atoms with van der Waals surface area (Å²) in [7, 11) is 0. The molecule has 1 atom stereocenters. The normalized spacial score (nSPS) is 16.8. The molecule has 0 N–H and O–H groups in total. The van der Waals surface area contributed by atoms with Crippen molar-refractivity contribution in [2.24, 2.45) is 5.10 Å². The second-order valence-corrected chi connectivity index (χ2v) is 9.31. The molecule has 36 heavy (non-hydrogen) atoms. The minimum Gasteiger partial charge on any atom is -0.260 e. The van der Waals surface area contributed by atoms with Crippen LogP contribution in [0.3, 0.4) is 0 Å². The van der Waals surface area contributed by atoms with Crippen molar-refractivity contribution in [1.29, 1.82) is 0 Å². The van der Waals surface area contributed by atoms with Crippen LogP contribution in [-0.4, -0.2) is 5.71 Å². The first-order valence-electron chi connectivity index (χ1n) is 12.5. The topological polar surface area (TPSA) is 15.6 Å². The van der Waals surface area contributed by atoms with Crippen LogP contribution >= 0.6 is 0 Å². The molecular formula is C34H28N2. The number of rotatable bonds is 6. The van der Waals surface area contributed by atoms with Gasteiger partial charge in [0.25, 0.3) is 0 Å². The minimum absolute atomic E-state index is 0.437. The zero-order valence-electron chi connectivity index (χ0n) is 20.2. The Kier molecular flexibility index (Phi) is 5.93. The number of benzene rings is 5. The molecule has 0 spiro atoms. The van der Waals surface area contributed by atoms with Crippen molar-refractivity contribution >= 4 is 11.4 Å². The van der Waals surface area contributed by atoms with Gasteiger partial charge in [-0.2, -0.15) is 5.10 Å². The monoisotopic (exact) mass is 464 g/mol. The van der Waals surface area contributed by atoms with E-state index in [0.29, 0.717) is 6.54 Å². The number of anilines is 1. The Labute approximate surface area is 213 Å². The quantitative estimate of drug-likeness (QED) is 0.252. The molecule has 0 fully saturated rings. The van der Waals surface area contributed by atoms with Gasteiger partial charge in [-0.05, 0) is 40.3 Å². The Morgan fingerprint density at radius 1 is 0.528 bits per heavy atom. The van der Waals surface area contributed by atoms with Crippen molar-refractivity contribution in [3.05, 3.63) is 173 Å². The highest BCUT2D eigenvalue weighted by atomic mass is 15.5.